The summed E-state index contributed by atoms with van der Waals surface area (Å²) in [6, 6.07) is 7.43. The van der Waals surface area contributed by atoms with Crippen LogP contribution in [0.5, 0.6) is 0 Å². The van der Waals surface area contributed by atoms with Gasteiger partial charge in [-0.3, -0.25) is 9.63 Å². The Morgan fingerprint density at radius 3 is 2.94 bits per heavy atom. The molecule has 0 saturated heterocycles. The van der Waals surface area contributed by atoms with E-state index in [-0.39, 0.29) is 5.76 Å². The third-order valence-electron chi connectivity index (χ3n) is 2.45. The molecule has 1 aromatic carbocycles. The van der Waals surface area contributed by atoms with Crippen LogP contribution in [-0.2, 0) is 9.57 Å². The standard InChI is InChI=1S/C13H15NO4/c1-9-3-4-11-10(7-9)8-12(18-11)13(15)14-17-6-5-16-2/h3-4,7-8H,5-6H2,1-2H3,(H,14,15). The van der Waals surface area contributed by atoms with Gasteiger partial charge in [0.2, 0.25) is 0 Å². The first kappa shape index (κ1) is 12.6. The topological polar surface area (TPSA) is 60.7 Å². The van der Waals surface area contributed by atoms with Crippen LogP contribution in [0.2, 0.25) is 0 Å². The number of carbonyl (C=O) groups excluding carboxylic acids is 1. The lowest BCUT2D eigenvalue weighted by molar-refractivity contribution is 0.00743. The fourth-order valence-electron chi connectivity index (χ4n) is 1.57. The Morgan fingerprint density at radius 1 is 1.33 bits per heavy atom. The van der Waals surface area contributed by atoms with Crippen LogP contribution in [0.1, 0.15) is 16.1 Å². The second-order valence-electron chi connectivity index (χ2n) is 3.92. The van der Waals surface area contributed by atoms with Crippen LogP contribution in [0.4, 0.5) is 0 Å². The number of furan rings is 1. The molecule has 1 aromatic heterocycles. The fraction of sp³-hybridized carbons (Fsp3) is 0.308. The van der Waals surface area contributed by atoms with Crippen molar-refractivity contribution >= 4 is 16.9 Å². The third kappa shape index (κ3) is 2.88. The van der Waals surface area contributed by atoms with Crippen LogP contribution in [-0.4, -0.2) is 26.2 Å². The maximum atomic E-state index is 11.7. The van der Waals surface area contributed by atoms with Gasteiger partial charge in [0, 0.05) is 12.5 Å². The van der Waals surface area contributed by atoms with E-state index in [1.165, 1.54) is 0 Å². The second-order valence-corrected chi connectivity index (χ2v) is 3.92. The Kier molecular flexibility index (Phi) is 3.96. The quantitative estimate of drug-likeness (QED) is 0.650. The smallest absolute Gasteiger partial charge is 0.310 e. The monoisotopic (exact) mass is 249 g/mol. The number of hydrogen-bond acceptors (Lipinski definition) is 4. The summed E-state index contributed by atoms with van der Waals surface area (Å²) in [6.07, 6.45) is 0. The minimum absolute atomic E-state index is 0.230. The first-order valence-electron chi connectivity index (χ1n) is 5.62. The van der Waals surface area contributed by atoms with Gasteiger partial charge in [0.1, 0.15) is 5.58 Å². The molecule has 0 unspecified atom stereocenters. The summed E-state index contributed by atoms with van der Waals surface area (Å²) in [7, 11) is 1.56. The Hall–Kier alpha value is -1.85. The van der Waals surface area contributed by atoms with Gasteiger partial charge >= 0.3 is 5.91 Å². The Bertz CT molecular complexity index is 547. The van der Waals surface area contributed by atoms with E-state index in [9.17, 15) is 4.79 Å². The predicted octanol–water partition coefficient (Wildman–Crippen LogP) is 2.05. The van der Waals surface area contributed by atoms with Crippen LogP contribution < -0.4 is 5.48 Å². The van der Waals surface area contributed by atoms with Gasteiger partial charge in [-0.15, -0.1) is 0 Å². The SMILES string of the molecule is COCCONC(=O)c1cc2cc(C)ccc2o1. The highest BCUT2D eigenvalue weighted by atomic mass is 16.7. The molecule has 96 valence electrons. The summed E-state index contributed by atoms with van der Waals surface area (Å²) in [4.78, 5) is 16.6. The summed E-state index contributed by atoms with van der Waals surface area (Å²) in [6.45, 7) is 2.70. The van der Waals surface area contributed by atoms with Crippen molar-refractivity contribution in [1.82, 2.24) is 5.48 Å². The number of ether oxygens (including phenoxy) is 1. The number of amides is 1. The van der Waals surface area contributed by atoms with E-state index in [0.717, 1.165) is 10.9 Å². The summed E-state index contributed by atoms with van der Waals surface area (Å²) in [5, 5.41) is 0.900. The number of benzene rings is 1. The Labute approximate surface area is 105 Å². The minimum atomic E-state index is -0.403. The molecule has 5 nitrogen and oxygen atoms in total. The van der Waals surface area contributed by atoms with Crippen LogP contribution in [0.3, 0.4) is 0 Å². The summed E-state index contributed by atoms with van der Waals surface area (Å²) in [5.41, 5.74) is 4.10. The van der Waals surface area contributed by atoms with E-state index >= 15 is 0 Å². The number of hydrogen-bond donors (Lipinski definition) is 1. The molecule has 0 aliphatic heterocycles. The lowest BCUT2D eigenvalue weighted by atomic mass is 10.2. The predicted molar refractivity (Wildman–Crippen MR) is 66.2 cm³/mol. The molecule has 5 heteroatoms. The van der Waals surface area contributed by atoms with Crippen LogP contribution >= 0.6 is 0 Å². The fourth-order valence-corrected chi connectivity index (χ4v) is 1.57. The van der Waals surface area contributed by atoms with E-state index in [1.54, 1.807) is 13.2 Å². The maximum Gasteiger partial charge on any atom is 0.310 e. The summed E-state index contributed by atoms with van der Waals surface area (Å²) in [5.74, 6) is -0.173. The molecular weight excluding hydrogens is 234 g/mol. The molecule has 0 fully saturated rings. The minimum Gasteiger partial charge on any atom is -0.451 e. The van der Waals surface area contributed by atoms with E-state index in [1.807, 2.05) is 25.1 Å². The lowest BCUT2D eigenvalue weighted by Crippen LogP contribution is -2.24. The molecule has 2 rings (SSSR count). The van der Waals surface area contributed by atoms with Crippen molar-refractivity contribution in [1.29, 1.82) is 0 Å². The Morgan fingerprint density at radius 2 is 2.17 bits per heavy atom. The highest BCUT2D eigenvalue weighted by Crippen LogP contribution is 2.20. The average molecular weight is 249 g/mol. The number of aryl methyl sites for hydroxylation is 1. The maximum absolute atomic E-state index is 11.7. The van der Waals surface area contributed by atoms with E-state index in [2.05, 4.69) is 5.48 Å². The normalized spacial score (nSPS) is 10.8. The molecule has 1 heterocycles. The van der Waals surface area contributed by atoms with Gasteiger partial charge in [0.25, 0.3) is 0 Å². The van der Waals surface area contributed by atoms with E-state index in [0.29, 0.717) is 18.8 Å². The number of fused-ring (bicyclic) bond motifs is 1. The average Bonchev–Trinajstić information content (AvgIpc) is 2.77. The second kappa shape index (κ2) is 5.66. The first-order valence-corrected chi connectivity index (χ1v) is 5.62. The van der Waals surface area contributed by atoms with Crippen molar-refractivity contribution < 1.29 is 18.8 Å². The number of hydroxylamine groups is 1. The highest BCUT2D eigenvalue weighted by Gasteiger charge is 2.12. The molecule has 0 radical (unpaired) electrons. The van der Waals surface area contributed by atoms with Gasteiger partial charge in [-0.05, 0) is 25.1 Å². The summed E-state index contributed by atoms with van der Waals surface area (Å²) >= 11 is 0. The van der Waals surface area contributed by atoms with Gasteiger partial charge in [0.15, 0.2) is 5.76 Å². The van der Waals surface area contributed by atoms with Crippen LogP contribution in [0.15, 0.2) is 28.7 Å². The lowest BCUT2D eigenvalue weighted by Gasteiger charge is -2.02. The van der Waals surface area contributed by atoms with Crippen molar-refractivity contribution in [2.45, 2.75) is 6.92 Å². The largest absolute Gasteiger partial charge is 0.451 e. The zero-order chi connectivity index (χ0) is 13.0. The number of nitrogens with one attached hydrogen (secondary N) is 1. The number of rotatable bonds is 5. The highest BCUT2D eigenvalue weighted by molar-refractivity contribution is 5.95. The molecule has 18 heavy (non-hydrogen) atoms. The molecule has 1 amide bonds. The van der Waals surface area contributed by atoms with Gasteiger partial charge in [-0.1, -0.05) is 11.6 Å². The zero-order valence-corrected chi connectivity index (χ0v) is 10.4. The van der Waals surface area contributed by atoms with Crippen molar-refractivity contribution in [2.24, 2.45) is 0 Å². The van der Waals surface area contributed by atoms with E-state index in [4.69, 9.17) is 14.0 Å². The number of carbonyl (C=O) groups is 1. The summed E-state index contributed by atoms with van der Waals surface area (Å²) < 4.78 is 10.2. The number of methoxy groups -OCH3 is 1. The zero-order valence-electron chi connectivity index (χ0n) is 10.4. The van der Waals surface area contributed by atoms with Gasteiger partial charge in [0.05, 0.1) is 13.2 Å². The molecule has 0 bridgehead atoms. The van der Waals surface area contributed by atoms with Crippen LogP contribution in [0, 0.1) is 6.92 Å². The molecule has 0 spiro atoms. The first-order chi connectivity index (χ1) is 8.70. The molecule has 1 N–H and O–H groups in total. The van der Waals surface area contributed by atoms with Crippen molar-refractivity contribution in [3.63, 3.8) is 0 Å². The van der Waals surface area contributed by atoms with Gasteiger partial charge in [-0.25, -0.2) is 5.48 Å². The van der Waals surface area contributed by atoms with Gasteiger partial charge in [-0.2, -0.15) is 0 Å². The molecular formula is C13H15NO4. The van der Waals surface area contributed by atoms with Crippen molar-refractivity contribution in [2.75, 3.05) is 20.3 Å². The van der Waals surface area contributed by atoms with Crippen molar-refractivity contribution in [3.05, 3.63) is 35.6 Å². The molecule has 0 aliphatic rings. The molecule has 0 aliphatic carbocycles. The van der Waals surface area contributed by atoms with Crippen molar-refractivity contribution in [3.8, 4) is 0 Å². The van der Waals surface area contributed by atoms with Gasteiger partial charge < -0.3 is 9.15 Å². The third-order valence-corrected chi connectivity index (χ3v) is 2.45. The molecule has 2 aromatic rings. The van der Waals surface area contributed by atoms with E-state index < -0.39 is 5.91 Å². The molecule has 0 atom stereocenters. The Balaban J connectivity index is 2.04. The molecule has 0 saturated carbocycles. The van der Waals surface area contributed by atoms with Crippen LogP contribution in [0.25, 0.3) is 11.0 Å².